The Kier molecular flexibility index (Phi) is 12.4. The number of hydrogen-bond acceptors (Lipinski definition) is 9. The monoisotopic (exact) mass is 577 g/mol. The fraction of sp³-hybridized carbons (Fsp3) is 0.429. The summed E-state index contributed by atoms with van der Waals surface area (Å²) in [6.07, 6.45) is 1.76. The van der Waals surface area contributed by atoms with E-state index in [1.165, 1.54) is 7.11 Å². The molecule has 0 radical (unpaired) electrons. The van der Waals surface area contributed by atoms with E-state index in [0.29, 0.717) is 48.3 Å². The molecule has 0 saturated carbocycles. The molecular formula is C28H33Cl2N3O6. The lowest BCUT2D eigenvalue weighted by atomic mass is 9.75. The number of hydrogen-bond donors (Lipinski definition) is 1. The summed E-state index contributed by atoms with van der Waals surface area (Å²) in [6.45, 7) is 6.00. The van der Waals surface area contributed by atoms with Gasteiger partial charge in [0.1, 0.15) is 5.92 Å². The Morgan fingerprint density at radius 2 is 1.85 bits per heavy atom. The first kappa shape index (κ1) is 30.7. The fourth-order valence-electron chi connectivity index (χ4n) is 4.28. The van der Waals surface area contributed by atoms with Crippen molar-refractivity contribution in [2.75, 3.05) is 46.7 Å². The number of halogens is 2. The summed E-state index contributed by atoms with van der Waals surface area (Å²) in [5.41, 5.74) is 2.45. The summed E-state index contributed by atoms with van der Waals surface area (Å²) < 4.78 is 21.9. The maximum absolute atomic E-state index is 13.2. The SMILES string of the molecule is CCOC(=O)C1=C(COCCOCCNCc2ccccn2)N=C(C)C(C(=O)OC)C1c1cccc(Cl)c1Cl. The summed E-state index contributed by atoms with van der Waals surface area (Å²) in [5, 5.41) is 3.80. The van der Waals surface area contributed by atoms with Gasteiger partial charge in [-0.05, 0) is 37.6 Å². The minimum atomic E-state index is -0.893. The molecule has 0 fully saturated rings. The summed E-state index contributed by atoms with van der Waals surface area (Å²) in [5.74, 6) is -2.88. The van der Waals surface area contributed by atoms with Crippen molar-refractivity contribution >= 4 is 40.9 Å². The Morgan fingerprint density at radius 1 is 1.05 bits per heavy atom. The topological polar surface area (TPSA) is 108 Å². The molecule has 0 bridgehead atoms. The van der Waals surface area contributed by atoms with Crippen LogP contribution >= 0.6 is 23.2 Å². The van der Waals surface area contributed by atoms with E-state index in [1.54, 1.807) is 38.2 Å². The molecular weight excluding hydrogens is 545 g/mol. The molecule has 1 aliphatic rings. The van der Waals surface area contributed by atoms with Crippen LogP contribution in [0.1, 0.15) is 31.0 Å². The van der Waals surface area contributed by atoms with Crippen LogP contribution in [0.15, 0.2) is 58.9 Å². The van der Waals surface area contributed by atoms with Gasteiger partial charge in [-0.3, -0.25) is 14.8 Å². The summed E-state index contributed by atoms with van der Waals surface area (Å²) >= 11 is 12.9. The molecule has 9 nitrogen and oxygen atoms in total. The average molecular weight is 578 g/mol. The Morgan fingerprint density at radius 3 is 2.56 bits per heavy atom. The molecule has 3 rings (SSSR count). The number of aliphatic imine (C=N–C) groups is 1. The van der Waals surface area contributed by atoms with Crippen molar-refractivity contribution < 1.29 is 28.5 Å². The highest BCUT2D eigenvalue weighted by Gasteiger charge is 2.44. The summed E-state index contributed by atoms with van der Waals surface area (Å²) in [6, 6.07) is 10.8. The third-order valence-corrected chi connectivity index (χ3v) is 6.88. The van der Waals surface area contributed by atoms with E-state index in [1.807, 2.05) is 18.2 Å². The second-order valence-corrected chi connectivity index (χ2v) is 9.40. The molecule has 210 valence electrons. The first-order chi connectivity index (χ1) is 18.9. The standard InChI is InChI=1S/C28H33Cl2N3O6/c1-4-39-28(35)25-22(17-38-15-14-37-13-12-31-16-19-8-5-6-11-32-19)33-18(2)23(27(34)36-3)24(25)20-9-7-10-21(29)26(20)30/h5-11,23-24,31H,4,12-17H2,1-3H3. The Balaban J connectivity index is 1.69. The largest absolute Gasteiger partial charge is 0.468 e. The molecule has 0 spiro atoms. The van der Waals surface area contributed by atoms with Gasteiger partial charge in [0.2, 0.25) is 0 Å². The first-order valence-corrected chi connectivity index (χ1v) is 13.4. The van der Waals surface area contributed by atoms with Crippen LogP contribution < -0.4 is 5.32 Å². The van der Waals surface area contributed by atoms with E-state index in [9.17, 15) is 9.59 Å². The van der Waals surface area contributed by atoms with E-state index in [2.05, 4.69) is 15.3 Å². The molecule has 0 aliphatic carbocycles. The molecule has 0 saturated heterocycles. The van der Waals surface area contributed by atoms with Gasteiger partial charge in [0, 0.05) is 30.9 Å². The maximum atomic E-state index is 13.2. The highest BCUT2D eigenvalue weighted by atomic mass is 35.5. The van der Waals surface area contributed by atoms with Gasteiger partial charge in [-0.25, -0.2) is 4.79 Å². The highest BCUT2D eigenvalue weighted by molar-refractivity contribution is 6.42. The zero-order valence-electron chi connectivity index (χ0n) is 22.2. The van der Waals surface area contributed by atoms with Crippen LogP contribution in [-0.2, 0) is 35.1 Å². The van der Waals surface area contributed by atoms with Crippen LogP contribution in [-0.4, -0.2) is 69.3 Å². The van der Waals surface area contributed by atoms with Gasteiger partial charge < -0.3 is 24.3 Å². The molecule has 1 aliphatic heterocycles. The van der Waals surface area contributed by atoms with E-state index in [0.717, 1.165) is 5.69 Å². The number of pyridine rings is 1. The van der Waals surface area contributed by atoms with Gasteiger partial charge in [-0.2, -0.15) is 0 Å². The van der Waals surface area contributed by atoms with Gasteiger partial charge in [-0.1, -0.05) is 41.4 Å². The number of benzene rings is 1. The lowest BCUT2D eigenvalue weighted by molar-refractivity contribution is -0.144. The minimum absolute atomic E-state index is 0.00928. The number of aromatic nitrogens is 1. The second-order valence-electron chi connectivity index (χ2n) is 8.62. The molecule has 2 aromatic rings. The maximum Gasteiger partial charge on any atom is 0.336 e. The number of carbonyl (C=O) groups excluding carboxylic acids is 2. The van der Waals surface area contributed by atoms with Crippen molar-refractivity contribution in [3.8, 4) is 0 Å². The van der Waals surface area contributed by atoms with Gasteiger partial charge in [0.15, 0.2) is 0 Å². The van der Waals surface area contributed by atoms with Gasteiger partial charge in [-0.15, -0.1) is 0 Å². The van der Waals surface area contributed by atoms with Gasteiger partial charge in [0.25, 0.3) is 0 Å². The number of nitrogens with zero attached hydrogens (tertiary/aromatic N) is 2. The smallest absolute Gasteiger partial charge is 0.336 e. The number of carbonyl (C=O) groups is 2. The summed E-state index contributed by atoms with van der Waals surface area (Å²) in [7, 11) is 1.28. The van der Waals surface area contributed by atoms with Crippen LogP contribution in [0.5, 0.6) is 0 Å². The Bertz CT molecular complexity index is 1190. The third kappa shape index (κ3) is 8.33. The molecule has 1 N–H and O–H groups in total. The molecule has 2 unspecified atom stereocenters. The predicted octanol–water partition coefficient (Wildman–Crippen LogP) is 4.38. The minimum Gasteiger partial charge on any atom is -0.468 e. The number of nitrogens with one attached hydrogen (secondary N) is 1. The van der Waals surface area contributed by atoms with Crippen molar-refractivity contribution in [2.24, 2.45) is 10.9 Å². The number of ether oxygens (including phenoxy) is 4. The van der Waals surface area contributed by atoms with Crippen molar-refractivity contribution in [1.82, 2.24) is 10.3 Å². The van der Waals surface area contributed by atoms with Gasteiger partial charge >= 0.3 is 11.9 Å². The molecule has 0 amide bonds. The number of methoxy groups -OCH3 is 1. The molecule has 39 heavy (non-hydrogen) atoms. The Hall–Kier alpha value is -2.82. The fourth-order valence-corrected chi connectivity index (χ4v) is 4.70. The summed E-state index contributed by atoms with van der Waals surface area (Å²) in [4.78, 5) is 34.9. The highest BCUT2D eigenvalue weighted by Crippen LogP contribution is 2.44. The van der Waals surface area contributed by atoms with Crippen molar-refractivity contribution in [3.63, 3.8) is 0 Å². The second kappa shape index (κ2) is 15.7. The predicted molar refractivity (Wildman–Crippen MR) is 149 cm³/mol. The zero-order chi connectivity index (χ0) is 28.2. The van der Waals surface area contributed by atoms with Crippen LogP contribution in [0.2, 0.25) is 10.0 Å². The van der Waals surface area contributed by atoms with Crippen LogP contribution in [0.3, 0.4) is 0 Å². The average Bonchev–Trinajstić information content (AvgIpc) is 2.93. The van der Waals surface area contributed by atoms with Crippen LogP contribution in [0, 0.1) is 5.92 Å². The van der Waals surface area contributed by atoms with Crippen LogP contribution in [0.25, 0.3) is 0 Å². The lowest BCUT2D eigenvalue weighted by Crippen LogP contribution is -2.37. The van der Waals surface area contributed by atoms with Crippen molar-refractivity contribution in [3.05, 3.63) is 75.2 Å². The van der Waals surface area contributed by atoms with Crippen LogP contribution in [0.4, 0.5) is 0 Å². The van der Waals surface area contributed by atoms with Gasteiger partial charge in [0.05, 0.1) is 67.2 Å². The zero-order valence-corrected chi connectivity index (χ0v) is 23.8. The Labute approximate surface area is 238 Å². The third-order valence-electron chi connectivity index (χ3n) is 6.05. The van der Waals surface area contributed by atoms with E-state index < -0.39 is 23.8 Å². The normalized spacial score (nSPS) is 17.1. The molecule has 11 heteroatoms. The van der Waals surface area contributed by atoms with Crippen molar-refractivity contribution in [1.29, 1.82) is 0 Å². The molecule has 1 aromatic carbocycles. The molecule has 1 aromatic heterocycles. The molecule has 2 heterocycles. The number of esters is 2. The van der Waals surface area contributed by atoms with Crippen molar-refractivity contribution in [2.45, 2.75) is 26.3 Å². The van der Waals surface area contributed by atoms with E-state index >= 15 is 0 Å². The molecule has 2 atom stereocenters. The quantitative estimate of drug-likeness (QED) is 0.260. The van der Waals surface area contributed by atoms with E-state index in [-0.39, 0.29) is 30.4 Å². The lowest BCUT2D eigenvalue weighted by Gasteiger charge is -2.32. The number of rotatable bonds is 14. The van der Waals surface area contributed by atoms with E-state index in [4.69, 9.17) is 42.1 Å². The first-order valence-electron chi connectivity index (χ1n) is 12.6.